The molecule has 0 spiro atoms. The summed E-state index contributed by atoms with van der Waals surface area (Å²) in [6, 6.07) is 16.1. The Bertz CT molecular complexity index is 1120. The van der Waals surface area contributed by atoms with Crippen molar-refractivity contribution >= 4 is 28.2 Å². The third kappa shape index (κ3) is 3.33. The first kappa shape index (κ1) is 19.0. The van der Waals surface area contributed by atoms with Gasteiger partial charge in [0.05, 0.1) is 5.57 Å². The Morgan fingerprint density at radius 3 is 2.52 bits per heavy atom. The molecule has 148 valence electrons. The van der Waals surface area contributed by atoms with Gasteiger partial charge >= 0.3 is 0 Å². The van der Waals surface area contributed by atoms with Crippen LogP contribution in [0.5, 0.6) is 0 Å². The van der Waals surface area contributed by atoms with Crippen LogP contribution in [0.1, 0.15) is 42.9 Å². The summed E-state index contributed by atoms with van der Waals surface area (Å²) in [6.45, 7) is 4.27. The minimum Gasteiger partial charge on any atom is -0.507 e. The van der Waals surface area contributed by atoms with Crippen LogP contribution in [-0.4, -0.2) is 28.2 Å². The van der Waals surface area contributed by atoms with Crippen LogP contribution < -0.4 is 0 Å². The van der Waals surface area contributed by atoms with E-state index in [9.17, 15) is 14.7 Å². The quantitative estimate of drug-likeness (QED) is 0.380. The van der Waals surface area contributed by atoms with Gasteiger partial charge in [0.25, 0.3) is 11.7 Å². The number of amides is 1. The van der Waals surface area contributed by atoms with Crippen molar-refractivity contribution in [2.24, 2.45) is 0 Å². The molecule has 0 bridgehead atoms. The predicted octanol–water partition coefficient (Wildman–Crippen LogP) is 4.96. The molecule has 5 nitrogen and oxygen atoms in total. The zero-order chi connectivity index (χ0) is 20.5. The fraction of sp³-hybridized carbons (Fsp3) is 0.250. The summed E-state index contributed by atoms with van der Waals surface area (Å²) in [5, 5.41) is 13.1. The minimum absolute atomic E-state index is 0.0794. The summed E-state index contributed by atoms with van der Waals surface area (Å²) in [7, 11) is 0. The fourth-order valence-electron chi connectivity index (χ4n) is 3.83. The zero-order valence-electron chi connectivity index (χ0n) is 16.5. The number of unbranched alkanes of at least 4 members (excludes halogenated alkanes) is 1. The molecule has 1 N–H and O–H groups in total. The highest BCUT2D eigenvalue weighted by Gasteiger charge is 2.47. The van der Waals surface area contributed by atoms with Crippen molar-refractivity contribution in [2.45, 2.75) is 32.7 Å². The second kappa shape index (κ2) is 7.59. The molecule has 2 heterocycles. The number of ketones is 1. The van der Waals surface area contributed by atoms with E-state index in [0.29, 0.717) is 23.6 Å². The number of fused-ring (bicyclic) bond motifs is 1. The molecule has 2 aromatic carbocycles. The number of aliphatic hydroxyl groups is 1. The Balaban J connectivity index is 1.86. The average Bonchev–Trinajstić information content (AvgIpc) is 3.27. The molecule has 1 amide bonds. The van der Waals surface area contributed by atoms with Gasteiger partial charge in [0.15, 0.2) is 0 Å². The van der Waals surface area contributed by atoms with E-state index < -0.39 is 17.7 Å². The normalized spacial score (nSPS) is 18.7. The standard InChI is InChI=1S/C24H23NO4/c1-3-4-13-25-21(19-12-9-15(2)29-19)20(23(27)24(25)28)22(26)18-11-10-16-7-5-6-8-17(16)14-18/h5-12,14,21,26H,3-4,13H2,1-2H3/b22-20-. The average molecular weight is 389 g/mol. The van der Waals surface area contributed by atoms with E-state index in [2.05, 4.69) is 0 Å². The first-order valence-corrected chi connectivity index (χ1v) is 9.85. The van der Waals surface area contributed by atoms with Gasteiger partial charge in [-0.15, -0.1) is 0 Å². The van der Waals surface area contributed by atoms with Crippen LogP contribution in [0.2, 0.25) is 0 Å². The highest BCUT2D eigenvalue weighted by atomic mass is 16.3. The lowest BCUT2D eigenvalue weighted by Crippen LogP contribution is -2.30. The van der Waals surface area contributed by atoms with E-state index in [1.807, 2.05) is 50.2 Å². The molecular formula is C24H23NO4. The highest BCUT2D eigenvalue weighted by Crippen LogP contribution is 2.40. The SMILES string of the molecule is CCCCN1C(=O)C(=O)/C(=C(\O)c2ccc3ccccc3c2)C1c1ccc(C)o1. The summed E-state index contributed by atoms with van der Waals surface area (Å²) in [5.74, 6) is -0.273. The molecule has 1 atom stereocenters. The summed E-state index contributed by atoms with van der Waals surface area (Å²) >= 11 is 0. The van der Waals surface area contributed by atoms with E-state index in [4.69, 9.17) is 4.42 Å². The Morgan fingerprint density at radius 1 is 1.07 bits per heavy atom. The maximum absolute atomic E-state index is 12.9. The molecule has 1 aliphatic heterocycles. The van der Waals surface area contributed by atoms with Crippen LogP contribution >= 0.6 is 0 Å². The van der Waals surface area contributed by atoms with E-state index >= 15 is 0 Å². The van der Waals surface area contributed by atoms with Crippen molar-refractivity contribution in [3.63, 3.8) is 0 Å². The molecule has 5 heteroatoms. The van der Waals surface area contributed by atoms with Crippen LogP contribution in [-0.2, 0) is 9.59 Å². The van der Waals surface area contributed by atoms with Gasteiger partial charge in [-0.1, -0.05) is 49.7 Å². The summed E-state index contributed by atoms with van der Waals surface area (Å²) in [5.41, 5.74) is 0.584. The topological polar surface area (TPSA) is 70.8 Å². The van der Waals surface area contributed by atoms with Crippen molar-refractivity contribution in [3.05, 3.63) is 77.3 Å². The second-order valence-corrected chi connectivity index (χ2v) is 7.36. The van der Waals surface area contributed by atoms with Gasteiger partial charge in [0, 0.05) is 12.1 Å². The molecule has 0 radical (unpaired) electrons. The number of aryl methyl sites for hydroxylation is 1. The van der Waals surface area contributed by atoms with E-state index in [1.165, 1.54) is 4.90 Å². The van der Waals surface area contributed by atoms with Crippen LogP contribution in [0.3, 0.4) is 0 Å². The van der Waals surface area contributed by atoms with Crippen LogP contribution in [0, 0.1) is 6.92 Å². The van der Waals surface area contributed by atoms with Crippen molar-refractivity contribution in [2.75, 3.05) is 6.54 Å². The zero-order valence-corrected chi connectivity index (χ0v) is 16.5. The lowest BCUT2D eigenvalue weighted by Gasteiger charge is -2.23. The molecule has 1 aliphatic rings. The van der Waals surface area contributed by atoms with Gasteiger partial charge in [0.2, 0.25) is 0 Å². The maximum atomic E-state index is 12.9. The number of hydrogen-bond donors (Lipinski definition) is 1. The van der Waals surface area contributed by atoms with Gasteiger partial charge in [-0.3, -0.25) is 9.59 Å². The Morgan fingerprint density at radius 2 is 1.83 bits per heavy atom. The number of benzene rings is 2. The number of furan rings is 1. The van der Waals surface area contributed by atoms with Crippen molar-refractivity contribution in [1.82, 2.24) is 4.90 Å². The summed E-state index contributed by atoms with van der Waals surface area (Å²) in [6.07, 6.45) is 1.65. The summed E-state index contributed by atoms with van der Waals surface area (Å²) in [4.78, 5) is 27.2. The molecule has 4 rings (SSSR count). The monoisotopic (exact) mass is 389 g/mol. The number of aliphatic hydroxyl groups excluding tert-OH is 1. The lowest BCUT2D eigenvalue weighted by molar-refractivity contribution is -0.140. The minimum atomic E-state index is -0.721. The van der Waals surface area contributed by atoms with Crippen molar-refractivity contribution in [3.8, 4) is 0 Å². The number of hydrogen-bond acceptors (Lipinski definition) is 4. The van der Waals surface area contributed by atoms with Gasteiger partial charge in [0.1, 0.15) is 23.3 Å². The Kier molecular flexibility index (Phi) is 4.97. The van der Waals surface area contributed by atoms with Crippen LogP contribution in [0.25, 0.3) is 16.5 Å². The predicted molar refractivity (Wildman–Crippen MR) is 111 cm³/mol. The first-order chi connectivity index (χ1) is 14.0. The molecule has 0 saturated carbocycles. The third-order valence-corrected chi connectivity index (χ3v) is 5.35. The second-order valence-electron chi connectivity index (χ2n) is 7.36. The molecule has 1 aromatic heterocycles. The molecule has 29 heavy (non-hydrogen) atoms. The van der Waals surface area contributed by atoms with E-state index in [0.717, 1.165) is 23.6 Å². The molecular weight excluding hydrogens is 366 g/mol. The highest BCUT2D eigenvalue weighted by molar-refractivity contribution is 6.46. The fourth-order valence-corrected chi connectivity index (χ4v) is 3.83. The number of carbonyl (C=O) groups is 2. The van der Waals surface area contributed by atoms with E-state index in [1.54, 1.807) is 18.2 Å². The molecule has 3 aromatic rings. The number of nitrogens with zero attached hydrogens (tertiary/aromatic N) is 1. The molecule has 0 aliphatic carbocycles. The van der Waals surface area contributed by atoms with E-state index in [-0.39, 0.29) is 11.3 Å². The first-order valence-electron chi connectivity index (χ1n) is 9.85. The maximum Gasteiger partial charge on any atom is 0.295 e. The number of likely N-dealkylation sites (tertiary alicyclic amines) is 1. The van der Waals surface area contributed by atoms with Gasteiger partial charge in [-0.05, 0) is 42.3 Å². The lowest BCUT2D eigenvalue weighted by atomic mass is 9.97. The smallest absolute Gasteiger partial charge is 0.295 e. The Hall–Kier alpha value is -3.34. The third-order valence-electron chi connectivity index (χ3n) is 5.35. The number of carbonyl (C=O) groups excluding carboxylic acids is 2. The molecule has 1 unspecified atom stereocenters. The molecule has 1 saturated heterocycles. The van der Waals surface area contributed by atoms with Crippen molar-refractivity contribution < 1.29 is 19.1 Å². The van der Waals surface area contributed by atoms with Gasteiger partial charge in [-0.2, -0.15) is 0 Å². The largest absolute Gasteiger partial charge is 0.507 e. The Labute approximate surface area is 169 Å². The summed E-state index contributed by atoms with van der Waals surface area (Å²) < 4.78 is 5.77. The van der Waals surface area contributed by atoms with Crippen molar-refractivity contribution in [1.29, 1.82) is 0 Å². The van der Waals surface area contributed by atoms with Gasteiger partial charge in [-0.25, -0.2) is 0 Å². The number of rotatable bonds is 5. The van der Waals surface area contributed by atoms with Crippen LogP contribution in [0.4, 0.5) is 0 Å². The van der Waals surface area contributed by atoms with Gasteiger partial charge < -0.3 is 14.4 Å². The number of Topliss-reactive ketones (excluding diaryl/α,β-unsaturated/α-hetero) is 1. The molecule has 1 fully saturated rings. The van der Waals surface area contributed by atoms with Crippen LogP contribution in [0.15, 0.2) is 64.6 Å².